The van der Waals surface area contributed by atoms with Gasteiger partial charge in [-0.15, -0.1) is 0 Å². The maximum atomic E-state index is 7.56. The molecule has 0 atom stereocenters. The lowest BCUT2D eigenvalue weighted by Crippen LogP contribution is -1.85. The number of hydrogen-bond donors (Lipinski definition) is 6. The highest BCUT2D eigenvalue weighted by atomic mass is 32.5. The SMILES string of the molecule is CC.CSC.OP(O)(O)=S.OP(O)(O)=S.c1ccc(Cc2ccccc2)cc1. The Labute approximate surface area is 182 Å². The smallest absolute Gasteiger partial charge is 0.319 e. The van der Waals surface area contributed by atoms with Crippen molar-refractivity contribution >= 4 is 48.8 Å². The molecule has 0 unspecified atom stereocenters. The lowest BCUT2D eigenvalue weighted by molar-refractivity contribution is 0.361. The molecule has 0 bridgehead atoms. The Bertz CT molecular complexity index is 589. The van der Waals surface area contributed by atoms with E-state index in [4.69, 9.17) is 29.4 Å². The van der Waals surface area contributed by atoms with Crippen LogP contribution in [-0.2, 0) is 30.0 Å². The highest BCUT2D eigenvalue weighted by Gasteiger charge is 1.93. The topological polar surface area (TPSA) is 121 Å². The predicted octanol–water partition coefficient (Wildman–Crippen LogP) is 3.66. The van der Waals surface area contributed by atoms with Crippen molar-refractivity contribution in [2.75, 3.05) is 12.5 Å². The van der Waals surface area contributed by atoms with E-state index in [9.17, 15) is 0 Å². The molecule has 0 fully saturated rings. The van der Waals surface area contributed by atoms with Gasteiger partial charge < -0.3 is 29.4 Å². The van der Waals surface area contributed by atoms with Crippen molar-refractivity contribution in [3.8, 4) is 0 Å². The highest BCUT2D eigenvalue weighted by molar-refractivity contribution is 8.06. The van der Waals surface area contributed by atoms with Crippen LogP contribution in [0.1, 0.15) is 25.0 Å². The van der Waals surface area contributed by atoms with Crippen LogP contribution >= 0.6 is 25.2 Å². The molecule has 2 rings (SSSR count). The number of thioether (sulfide) groups is 1. The standard InChI is InChI=1S/C13H12.C2H6S.C2H6.2H3O3PS/c1-3-7-12(8-4-1)11-13-9-5-2-6-10-13;1-3-2;1-2;2*1-4(2,3)5/h1-10H,11H2;1-2H3;1-2H3;2*(H3,1,2,3,5). The summed E-state index contributed by atoms with van der Waals surface area (Å²) < 4.78 is 0. The molecule has 6 N–H and O–H groups in total. The van der Waals surface area contributed by atoms with E-state index >= 15 is 0 Å². The molecule has 11 heteroatoms. The maximum absolute atomic E-state index is 7.56. The number of hydrogen-bond acceptors (Lipinski definition) is 3. The van der Waals surface area contributed by atoms with Crippen molar-refractivity contribution in [3.63, 3.8) is 0 Å². The molecule has 2 aromatic carbocycles. The Morgan fingerprint density at radius 3 is 1.00 bits per heavy atom. The van der Waals surface area contributed by atoms with Gasteiger partial charge in [-0.3, -0.25) is 0 Å². The molecular formula is C17H30O6P2S3. The van der Waals surface area contributed by atoms with Crippen LogP contribution in [0.15, 0.2) is 60.7 Å². The van der Waals surface area contributed by atoms with Gasteiger partial charge in [0.15, 0.2) is 0 Å². The second-order valence-electron chi connectivity index (χ2n) is 4.58. The molecule has 2 aromatic rings. The van der Waals surface area contributed by atoms with Crippen molar-refractivity contribution < 1.29 is 29.4 Å². The minimum atomic E-state index is -3.81. The van der Waals surface area contributed by atoms with Gasteiger partial charge >= 0.3 is 13.4 Å². The third-order valence-electron chi connectivity index (χ3n) is 2.09. The molecule has 162 valence electrons. The van der Waals surface area contributed by atoms with Gasteiger partial charge in [-0.05, 0) is 53.7 Å². The summed E-state index contributed by atoms with van der Waals surface area (Å²) in [6.45, 7) is -3.61. The summed E-state index contributed by atoms with van der Waals surface area (Å²) in [7, 11) is 0. The summed E-state index contributed by atoms with van der Waals surface area (Å²) in [5, 5.41) is 0. The van der Waals surface area contributed by atoms with Gasteiger partial charge in [0, 0.05) is 0 Å². The number of benzene rings is 2. The summed E-state index contributed by atoms with van der Waals surface area (Å²) in [5.74, 6) is 0. The van der Waals surface area contributed by atoms with Crippen LogP contribution in [0.25, 0.3) is 0 Å². The van der Waals surface area contributed by atoms with Gasteiger partial charge in [0.1, 0.15) is 0 Å². The average Bonchev–Trinajstić information content (AvgIpc) is 2.56. The molecule has 0 radical (unpaired) electrons. The van der Waals surface area contributed by atoms with Crippen LogP contribution in [0.3, 0.4) is 0 Å². The van der Waals surface area contributed by atoms with E-state index in [1.54, 1.807) is 11.8 Å². The first-order valence-corrected chi connectivity index (χ1v) is 14.9. The monoisotopic (exact) mass is 488 g/mol. The molecule has 28 heavy (non-hydrogen) atoms. The second kappa shape index (κ2) is 20.1. The molecule has 0 aliphatic carbocycles. The van der Waals surface area contributed by atoms with E-state index in [1.807, 2.05) is 26.4 Å². The Morgan fingerprint density at radius 2 is 0.821 bits per heavy atom. The van der Waals surface area contributed by atoms with Gasteiger partial charge in [-0.25, -0.2) is 0 Å². The van der Waals surface area contributed by atoms with E-state index in [0.717, 1.165) is 6.42 Å². The molecular weight excluding hydrogens is 458 g/mol. The van der Waals surface area contributed by atoms with Gasteiger partial charge in [0.25, 0.3) is 0 Å². The third-order valence-corrected chi connectivity index (χ3v) is 2.09. The lowest BCUT2D eigenvalue weighted by Gasteiger charge is -2.00. The van der Waals surface area contributed by atoms with E-state index in [2.05, 4.69) is 84.3 Å². The van der Waals surface area contributed by atoms with E-state index < -0.39 is 13.4 Å². The van der Waals surface area contributed by atoms with Crippen LogP contribution in [0.5, 0.6) is 0 Å². The lowest BCUT2D eigenvalue weighted by atomic mass is 10.1. The molecule has 0 spiro atoms. The number of rotatable bonds is 2. The Kier molecular flexibility index (Phi) is 23.4. The van der Waals surface area contributed by atoms with Crippen LogP contribution in [0.4, 0.5) is 0 Å². The minimum Gasteiger partial charge on any atom is -0.325 e. The fourth-order valence-corrected chi connectivity index (χ4v) is 1.43. The molecule has 0 aromatic heterocycles. The van der Waals surface area contributed by atoms with Crippen molar-refractivity contribution in [2.24, 2.45) is 0 Å². The molecule has 0 heterocycles. The molecule has 0 amide bonds. The first-order chi connectivity index (χ1) is 12.9. The third kappa shape index (κ3) is 40.5. The van der Waals surface area contributed by atoms with Gasteiger partial charge in [-0.2, -0.15) is 11.8 Å². The van der Waals surface area contributed by atoms with Crippen molar-refractivity contribution in [1.82, 2.24) is 0 Å². The molecule has 0 saturated carbocycles. The summed E-state index contributed by atoms with van der Waals surface area (Å²) in [4.78, 5) is 45.3. The molecule has 6 nitrogen and oxygen atoms in total. The fourth-order valence-electron chi connectivity index (χ4n) is 1.43. The summed E-state index contributed by atoms with van der Waals surface area (Å²) >= 11 is 8.96. The normalized spacial score (nSPS) is 9.64. The largest absolute Gasteiger partial charge is 0.325 e. The van der Waals surface area contributed by atoms with Gasteiger partial charge in [0.05, 0.1) is 0 Å². The summed E-state index contributed by atoms with van der Waals surface area (Å²) in [6, 6.07) is 21.1. The molecule has 0 aliphatic rings. The second-order valence-corrected chi connectivity index (χ2v) is 10.4. The summed E-state index contributed by atoms with van der Waals surface area (Å²) in [6.07, 6.45) is 5.11. The maximum Gasteiger partial charge on any atom is 0.319 e. The Hall–Kier alpha value is -0.150. The van der Waals surface area contributed by atoms with E-state index in [1.165, 1.54) is 11.1 Å². The Morgan fingerprint density at radius 1 is 0.643 bits per heavy atom. The first kappa shape index (κ1) is 32.5. The highest BCUT2D eigenvalue weighted by Crippen LogP contribution is 2.26. The first-order valence-electron chi connectivity index (χ1n) is 7.91. The fraction of sp³-hybridized carbons (Fsp3) is 0.294. The quantitative estimate of drug-likeness (QED) is 0.352. The minimum absolute atomic E-state index is 1.03. The van der Waals surface area contributed by atoms with E-state index in [0.29, 0.717) is 0 Å². The van der Waals surface area contributed by atoms with Crippen LogP contribution in [0, 0.1) is 0 Å². The van der Waals surface area contributed by atoms with Crippen LogP contribution in [0.2, 0.25) is 0 Å². The van der Waals surface area contributed by atoms with Crippen LogP contribution < -0.4 is 0 Å². The predicted molar refractivity (Wildman–Crippen MR) is 128 cm³/mol. The Balaban J connectivity index is -0.000000350. The zero-order valence-corrected chi connectivity index (χ0v) is 20.5. The van der Waals surface area contributed by atoms with Crippen LogP contribution in [-0.4, -0.2) is 41.9 Å². The average molecular weight is 489 g/mol. The van der Waals surface area contributed by atoms with Crippen molar-refractivity contribution in [1.29, 1.82) is 0 Å². The van der Waals surface area contributed by atoms with Crippen molar-refractivity contribution in [2.45, 2.75) is 20.3 Å². The van der Waals surface area contributed by atoms with Gasteiger partial charge in [0.2, 0.25) is 0 Å². The summed E-state index contributed by atoms with van der Waals surface area (Å²) in [5.41, 5.74) is 2.74. The molecule has 0 aliphatic heterocycles. The van der Waals surface area contributed by atoms with Gasteiger partial charge in [-0.1, -0.05) is 74.5 Å². The molecule has 0 saturated heterocycles. The zero-order chi connectivity index (χ0) is 22.6. The van der Waals surface area contributed by atoms with Crippen molar-refractivity contribution in [3.05, 3.63) is 71.8 Å². The zero-order valence-electron chi connectivity index (χ0n) is 16.3. The van der Waals surface area contributed by atoms with E-state index in [-0.39, 0.29) is 0 Å².